The van der Waals surface area contributed by atoms with Crippen molar-refractivity contribution in [3.63, 3.8) is 0 Å². The molecule has 0 saturated heterocycles. The number of hydrogen-bond acceptors (Lipinski definition) is 4. The molecule has 3 aromatic rings. The van der Waals surface area contributed by atoms with Crippen LogP contribution in [-0.2, 0) is 6.54 Å². The van der Waals surface area contributed by atoms with Crippen LogP contribution in [0.4, 0.5) is 5.95 Å². The maximum Gasteiger partial charge on any atom is 0.257 e. The third-order valence-corrected chi connectivity index (χ3v) is 4.08. The minimum atomic E-state index is -0.379. The SMILES string of the molecule is Cc1cc(=O)n2c(n1)NC(=NCc1ccccn1)NC2c1ccccc1. The molecule has 0 amide bonds. The molecular weight excluding hydrogens is 328 g/mol. The first-order chi connectivity index (χ1) is 12.7. The summed E-state index contributed by atoms with van der Waals surface area (Å²) in [5.41, 5.74) is 2.35. The maximum atomic E-state index is 12.5. The van der Waals surface area contributed by atoms with Crippen molar-refractivity contribution in [1.82, 2.24) is 19.9 Å². The molecule has 0 bridgehead atoms. The number of hydrogen-bond donors (Lipinski definition) is 2. The second-order valence-electron chi connectivity index (χ2n) is 6.00. The predicted molar refractivity (Wildman–Crippen MR) is 99.9 cm³/mol. The Morgan fingerprint density at radius 3 is 2.73 bits per heavy atom. The quantitative estimate of drug-likeness (QED) is 0.758. The van der Waals surface area contributed by atoms with Gasteiger partial charge >= 0.3 is 0 Å². The Hall–Kier alpha value is -3.48. The molecule has 1 aliphatic heterocycles. The van der Waals surface area contributed by atoms with Crippen molar-refractivity contribution in [3.8, 4) is 0 Å². The van der Waals surface area contributed by atoms with E-state index in [9.17, 15) is 4.79 Å². The molecule has 0 spiro atoms. The molecule has 0 saturated carbocycles. The zero-order valence-electron chi connectivity index (χ0n) is 14.3. The van der Waals surface area contributed by atoms with E-state index >= 15 is 0 Å². The molecule has 1 aliphatic rings. The number of nitrogens with one attached hydrogen (secondary N) is 2. The van der Waals surface area contributed by atoms with E-state index in [0.29, 0.717) is 24.1 Å². The van der Waals surface area contributed by atoms with Gasteiger partial charge in [-0.15, -0.1) is 0 Å². The highest BCUT2D eigenvalue weighted by Gasteiger charge is 2.26. The highest BCUT2D eigenvalue weighted by molar-refractivity contribution is 5.93. The van der Waals surface area contributed by atoms with Gasteiger partial charge in [0.1, 0.15) is 6.17 Å². The largest absolute Gasteiger partial charge is 0.331 e. The van der Waals surface area contributed by atoms with Crippen molar-refractivity contribution in [2.45, 2.75) is 19.6 Å². The Morgan fingerprint density at radius 2 is 1.96 bits per heavy atom. The van der Waals surface area contributed by atoms with Gasteiger partial charge in [-0.05, 0) is 24.6 Å². The first kappa shape index (κ1) is 16.0. The fourth-order valence-electron chi connectivity index (χ4n) is 2.88. The molecule has 7 heteroatoms. The average molecular weight is 346 g/mol. The van der Waals surface area contributed by atoms with Crippen LogP contribution in [0.25, 0.3) is 0 Å². The standard InChI is InChI=1S/C19H18N6O/c1-13-11-16(26)25-17(14-7-3-2-4-8-14)23-18(24-19(25)22-13)21-12-15-9-5-6-10-20-15/h2-11,17H,12H2,1H3,(H2,21,22,23,24). The van der Waals surface area contributed by atoms with E-state index < -0.39 is 0 Å². The van der Waals surface area contributed by atoms with E-state index in [1.807, 2.05) is 48.5 Å². The van der Waals surface area contributed by atoms with Gasteiger partial charge in [0.15, 0.2) is 5.96 Å². The number of aryl methyl sites for hydroxylation is 1. The summed E-state index contributed by atoms with van der Waals surface area (Å²) in [5, 5.41) is 6.40. The molecule has 0 aliphatic carbocycles. The normalized spacial score (nSPS) is 17.3. The molecular formula is C19H18N6O. The summed E-state index contributed by atoms with van der Waals surface area (Å²) in [6.45, 7) is 2.22. The van der Waals surface area contributed by atoms with E-state index in [-0.39, 0.29) is 11.7 Å². The van der Waals surface area contributed by atoms with Gasteiger partial charge in [-0.1, -0.05) is 36.4 Å². The Labute approximate surface area is 150 Å². The molecule has 4 rings (SSSR count). The molecule has 3 heterocycles. The third-order valence-electron chi connectivity index (χ3n) is 4.08. The van der Waals surface area contributed by atoms with Gasteiger partial charge in [-0.2, -0.15) is 0 Å². The summed E-state index contributed by atoms with van der Waals surface area (Å²) < 4.78 is 1.60. The zero-order valence-corrected chi connectivity index (χ0v) is 14.3. The lowest BCUT2D eigenvalue weighted by atomic mass is 10.1. The predicted octanol–water partition coefficient (Wildman–Crippen LogP) is 2.06. The summed E-state index contributed by atoms with van der Waals surface area (Å²) in [7, 11) is 0. The molecule has 130 valence electrons. The monoisotopic (exact) mass is 346 g/mol. The number of rotatable bonds is 3. The number of benzene rings is 1. The Kier molecular flexibility index (Phi) is 4.18. The molecule has 1 unspecified atom stereocenters. The third kappa shape index (κ3) is 3.19. The number of aliphatic imine (C=N–C) groups is 1. The van der Waals surface area contributed by atoms with Gasteiger partial charge in [0.2, 0.25) is 5.95 Å². The van der Waals surface area contributed by atoms with Gasteiger partial charge in [-0.3, -0.25) is 19.7 Å². The number of fused-ring (bicyclic) bond motifs is 1. The topological polar surface area (TPSA) is 84.2 Å². The van der Waals surface area contributed by atoms with Crippen LogP contribution < -0.4 is 16.2 Å². The molecule has 26 heavy (non-hydrogen) atoms. The van der Waals surface area contributed by atoms with Crippen LogP contribution >= 0.6 is 0 Å². The van der Waals surface area contributed by atoms with Crippen LogP contribution in [0, 0.1) is 6.92 Å². The summed E-state index contributed by atoms with van der Waals surface area (Å²) in [4.78, 5) is 25.9. The van der Waals surface area contributed by atoms with Crippen LogP contribution in [-0.4, -0.2) is 20.5 Å². The molecule has 1 atom stereocenters. The smallest absolute Gasteiger partial charge is 0.257 e. The molecule has 1 aromatic carbocycles. The van der Waals surface area contributed by atoms with E-state index in [1.54, 1.807) is 17.7 Å². The van der Waals surface area contributed by atoms with Gasteiger partial charge in [0.25, 0.3) is 5.56 Å². The van der Waals surface area contributed by atoms with Crippen LogP contribution in [0.5, 0.6) is 0 Å². The molecule has 2 N–H and O–H groups in total. The first-order valence-corrected chi connectivity index (χ1v) is 8.34. The van der Waals surface area contributed by atoms with Crippen LogP contribution in [0.2, 0.25) is 0 Å². The van der Waals surface area contributed by atoms with Crippen LogP contribution in [0.15, 0.2) is 70.6 Å². The van der Waals surface area contributed by atoms with Gasteiger partial charge in [0, 0.05) is 18.0 Å². The lowest BCUT2D eigenvalue weighted by Crippen LogP contribution is -2.48. The Morgan fingerprint density at radius 1 is 1.15 bits per heavy atom. The zero-order chi connectivity index (χ0) is 17.9. The summed E-state index contributed by atoms with van der Waals surface area (Å²) in [6, 6.07) is 17.0. The van der Waals surface area contributed by atoms with E-state index in [1.165, 1.54) is 6.07 Å². The first-order valence-electron chi connectivity index (χ1n) is 8.34. The minimum absolute atomic E-state index is 0.120. The van der Waals surface area contributed by atoms with Crippen molar-refractivity contribution in [3.05, 3.63) is 88.1 Å². The minimum Gasteiger partial charge on any atom is -0.331 e. The van der Waals surface area contributed by atoms with Crippen molar-refractivity contribution in [1.29, 1.82) is 0 Å². The second-order valence-corrected chi connectivity index (χ2v) is 6.00. The van der Waals surface area contributed by atoms with Crippen molar-refractivity contribution >= 4 is 11.9 Å². The number of anilines is 1. The number of aromatic nitrogens is 3. The summed E-state index contributed by atoms with van der Waals surface area (Å²) in [6.07, 6.45) is 1.36. The highest BCUT2D eigenvalue weighted by Crippen LogP contribution is 2.21. The summed E-state index contributed by atoms with van der Waals surface area (Å²) in [5.74, 6) is 1.03. The molecule has 0 radical (unpaired) electrons. The Balaban J connectivity index is 1.73. The lowest BCUT2D eigenvalue weighted by molar-refractivity contribution is 0.514. The molecule has 0 fully saturated rings. The van der Waals surface area contributed by atoms with Crippen molar-refractivity contribution in [2.24, 2.45) is 4.99 Å². The number of nitrogens with zero attached hydrogens (tertiary/aromatic N) is 4. The van der Waals surface area contributed by atoms with E-state index in [2.05, 4.69) is 25.6 Å². The lowest BCUT2D eigenvalue weighted by Gasteiger charge is -2.31. The summed E-state index contributed by atoms with van der Waals surface area (Å²) >= 11 is 0. The van der Waals surface area contributed by atoms with Gasteiger partial charge in [-0.25, -0.2) is 9.98 Å². The van der Waals surface area contributed by atoms with E-state index in [0.717, 1.165) is 11.3 Å². The van der Waals surface area contributed by atoms with Crippen molar-refractivity contribution in [2.75, 3.05) is 5.32 Å². The highest BCUT2D eigenvalue weighted by atomic mass is 16.1. The van der Waals surface area contributed by atoms with Crippen LogP contribution in [0.1, 0.15) is 23.1 Å². The fourth-order valence-corrected chi connectivity index (χ4v) is 2.88. The molecule has 2 aromatic heterocycles. The molecule has 7 nitrogen and oxygen atoms in total. The average Bonchev–Trinajstić information content (AvgIpc) is 2.67. The number of guanidine groups is 1. The maximum absolute atomic E-state index is 12.5. The van der Waals surface area contributed by atoms with Gasteiger partial charge in [0.05, 0.1) is 12.2 Å². The van der Waals surface area contributed by atoms with E-state index in [4.69, 9.17) is 0 Å². The van der Waals surface area contributed by atoms with Crippen LogP contribution in [0.3, 0.4) is 0 Å². The fraction of sp³-hybridized carbons (Fsp3) is 0.158. The number of pyridine rings is 1. The van der Waals surface area contributed by atoms with Crippen molar-refractivity contribution < 1.29 is 0 Å². The van der Waals surface area contributed by atoms with Gasteiger partial charge < -0.3 is 5.32 Å². The Bertz CT molecular complexity index is 998. The second kappa shape index (κ2) is 6.79.